The van der Waals surface area contributed by atoms with Crippen LogP contribution in [-0.2, 0) is 14.4 Å². The van der Waals surface area contributed by atoms with Crippen LogP contribution in [0.2, 0.25) is 0 Å². The average Bonchev–Trinajstić information content (AvgIpc) is 2.76. The Morgan fingerprint density at radius 2 is 1.59 bits per heavy atom. The zero-order valence-electron chi connectivity index (χ0n) is 20.1. The van der Waals surface area contributed by atoms with Crippen LogP contribution in [0.25, 0.3) is 0 Å². The lowest BCUT2D eigenvalue weighted by Crippen LogP contribution is -2.53. The van der Waals surface area contributed by atoms with Gasteiger partial charge in [0.2, 0.25) is 17.7 Å². The second-order valence-electron chi connectivity index (χ2n) is 9.71. The van der Waals surface area contributed by atoms with Gasteiger partial charge in [0.1, 0.15) is 6.04 Å². The van der Waals surface area contributed by atoms with E-state index >= 15 is 0 Å². The Balaban J connectivity index is 1.89. The van der Waals surface area contributed by atoms with Crippen molar-refractivity contribution < 1.29 is 14.4 Å². The van der Waals surface area contributed by atoms with Gasteiger partial charge < -0.3 is 21.3 Å². The SMILES string of the molecule is CC(C)C[C@H](N)C(=O)N1CCC(C(=O)N[C@H](C(=O)N[C@@H](C)c2ccccc2)C(C)C)CC1. The van der Waals surface area contributed by atoms with Crippen molar-refractivity contribution in [1.82, 2.24) is 15.5 Å². The molecular formula is C25H40N4O3. The molecule has 0 aromatic heterocycles. The lowest BCUT2D eigenvalue weighted by Gasteiger charge is -2.34. The van der Waals surface area contributed by atoms with Gasteiger partial charge in [0.25, 0.3) is 0 Å². The predicted octanol–water partition coefficient (Wildman–Crippen LogP) is 2.62. The molecule has 178 valence electrons. The number of amides is 3. The number of nitrogens with two attached hydrogens (primary N) is 1. The molecule has 0 saturated carbocycles. The molecule has 0 radical (unpaired) electrons. The lowest BCUT2D eigenvalue weighted by molar-refractivity contribution is -0.138. The molecule has 7 heteroatoms. The summed E-state index contributed by atoms with van der Waals surface area (Å²) in [5.74, 6) is -0.228. The van der Waals surface area contributed by atoms with Crippen LogP contribution < -0.4 is 16.4 Å². The molecule has 3 atom stereocenters. The number of carbonyl (C=O) groups excluding carboxylic acids is 3. The summed E-state index contributed by atoms with van der Waals surface area (Å²) in [6.45, 7) is 10.9. The zero-order valence-corrected chi connectivity index (χ0v) is 20.1. The van der Waals surface area contributed by atoms with Crippen molar-refractivity contribution in [3.8, 4) is 0 Å². The molecule has 1 aliphatic rings. The molecule has 0 bridgehead atoms. The molecule has 1 fully saturated rings. The summed E-state index contributed by atoms with van der Waals surface area (Å²) in [5, 5.41) is 5.97. The van der Waals surface area contributed by atoms with Crippen molar-refractivity contribution in [3.05, 3.63) is 35.9 Å². The summed E-state index contributed by atoms with van der Waals surface area (Å²) in [4.78, 5) is 40.1. The fourth-order valence-corrected chi connectivity index (χ4v) is 4.14. The van der Waals surface area contributed by atoms with E-state index < -0.39 is 12.1 Å². The largest absolute Gasteiger partial charge is 0.348 e. The third-order valence-corrected chi connectivity index (χ3v) is 6.13. The van der Waals surface area contributed by atoms with Gasteiger partial charge in [-0.3, -0.25) is 14.4 Å². The molecule has 0 aliphatic carbocycles. The van der Waals surface area contributed by atoms with E-state index in [0.717, 1.165) is 5.56 Å². The van der Waals surface area contributed by atoms with Gasteiger partial charge in [0.05, 0.1) is 12.1 Å². The van der Waals surface area contributed by atoms with E-state index in [-0.39, 0.29) is 35.6 Å². The van der Waals surface area contributed by atoms with Gasteiger partial charge >= 0.3 is 0 Å². The van der Waals surface area contributed by atoms with E-state index in [1.54, 1.807) is 4.90 Å². The molecule has 32 heavy (non-hydrogen) atoms. The summed E-state index contributed by atoms with van der Waals surface area (Å²) < 4.78 is 0. The highest BCUT2D eigenvalue weighted by molar-refractivity contribution is 5.89. The van der Waals surface area contributed by atoms with E-state index in [1.807, 2.05) is 65.0 Å². The second-order valence-corrected chi connectivity index (χ2v) is 9.71. The van der Waals surface area contributed by atoms with Gasteiger partial charge in [-0.1, -0.05) is 58.0 Å². The molecule has 0 unspecified atom stereocenters. The predicted molar refractivity (Wildman–Crippen MR) is 127 cm³/mol. The average molecular weight is 445 g/mol. The van der Waals surface area contributed by atoms with Gasteiger partial charge in [0, 0.05) is 19.0 Å². The van der Waals surface area contributed by atoms with Crippen LogP contribution in [0.3, 0.4) is 0 Å². The molecule has 1 saturated heterocycles. The number of piperidine rings is 1. The summed E-state index contributed by atoms with van der Waals surface area (Å²) in [7, 11) is 0. The van der Waals surface area contributed by atoms with Gasteiger partial charge in [-0.2, -0.15) is 0 Å². The third-order valence-electron chi connectivity index (χ3n) is 6.13. The van der Waals surface area contributed by atoms with E-state index in [2.05, 4.69) is 10.6 Å². The number of hydrogen-bond acceptors (Lipinski definition) is 4. The summed E-state index contributed by atoms with van der Waals surface area (Å²) >= 11 is 0. The van der Waals surface area contributed by atoms with Crippen LogP contribution in [0.4, 0.5) is 0 Å². The number of nitrogens with zero attached hydrogens (tertiary/aromatic N) is 1. The van der Waals surface area contributed by atoms with Crippen molar-refractivity contribution in [1.29, 1.82) is 0 Å². The lowest BCUT2D eigenvalue weighted by atomic mass is 9.93. The van der Waals surface area contributed by atoms with E-state index in [9.17, 15) is 14.4 Å². The van der Waals surface area contributed by atoms with Gasteiger partial charge in [-0.25, -0.2) is 0 Å². The molecule has 2 rings (SSSR count). The molecule has 1 aliphatic heterocycles. The zero-order chi connectivity index (χ0) is 23.8. The summed E-state index contributed by atoms with van der Waals surface area (Å²) in [6.07, 6.45) is 1.82. The van der Waals surface area contributed by atoms with Crippen molar-refractivity contribution in [2.24, 2.45) is 23.5 Å². The first kappa shape index (κ1) is 25.8. The van der Waals surface area contributed by atoms with Crippen LogP contribution >= 0.6 is 0 Å². The quantitative estimate of drug-likeness (QED) is 0.544. The van der Waals surface area contributed by atoms with E-state index in [1.165, 1.54) is 0 Å². The number of nitrogens with one attached hydrogen (secondary N) is 2. The number of hydrogen-bond donors (Lipinski definition) is 3. The highest BCUT2D eigenvalue weighted by atomic mass is 16.2. The molecule has 0 spiro atoms. The number of carbonyl (C=O) groups is 3. The van der Waals surface area contributed by atoms with Crippen molar-refractivity contribution in [2.45, 2.75) is 72.0 Å². The Hall–Kier alpha value is -2.41. The summed E-state index contributed by atoms with van der Waals surface area (Å²) in [5.41, 5.74) is 7.06. The fourth-order valence-electron chi connectivity index (χ4n) is 4.14. The monoisotopic (exact) mass is 444 g/mol. The standard InChI is InChI=1S/C25H40N4O3/c1-16(2)15-21(26)25(32)29-13-11-20(12-14-29)23(30)28-22(17(3)4)24(31)27-18(5)19-9-7-6-8-10-19/h6-10,16-18,20-22H,11-15,26H2,1-5H3,(H,27,31)(H,28,30)/t18-,21-,22-/m0/s1. The molecule has 4 N–H and O–H groups in total. The van der Waals surface area contributed by atoms with E-state index in [4.69, 9.17) is 5.73 Å². The maximum atomic E-state index is 12.9. The van der Waals surface area contributed by atoms with Crippen molar-refractivity contribution in [3.63, 3.8) is 0 Å². The minimum atomic E-state index is -0.604. The Kier molecular flexibility index (Phi) is 9.69. The molecule has 1 heterocycles. The Morgan fingerprint density at radius 1 is 1.00 bits per heavy atom. The summed E-state index contributed by atoms with van der Waals surface area (Å²) in [6, 6.07) is 8.51. The topological polar surface area (TPSA) is 105 Å². The highest BCUT2D eigenvalue weighted by Gasteiger charge is 2.32. The first-order valence-corrected chi connectivity index (χ1v) is 11.8. The number of benzene rings is 1. The minimum absolute atomic E-state index is 0.0353. The normalized spacial score (nSPS) is 17.7. The van der Waals surface area contributed by atoms with Crippen LogP contribution in [0.15, 0.2) is 30.3 Å². The molecule has 3 amide bonds. The number of likely N-dealkylation sites (tertiary alicyclic amines) is 1. The van der Waals surface area contributed by atoms with Gasteiger partial charge in [-0.05, 0) is 43.6 Å². The highest BCUT2D eigenvalue weighted by Crippen LogP contribution is 2.20. The fraction of sp³-hybridized carbons (Fsp3) is 0.640. The maximum absolute atomic E-state index is 12.9. The van der Waals surface area contributed by atoms with Crippen molar-refractivity contribution in [2.75, 3.05) is 13.1 Å². The van der Waals surface area contributed by atoms with Crippen LogP contribution in [-0.4, -0.2) is 47.8 Å². The van der Waals surface area contributed by atoms with Crippen LogP contribution in [0.5, 0.6) is 0 Å². The van der Waals surface area contributed by atoms with Gasteiger partial charge in [-0.15, -0.1) is 0 Å². The van der Waals surface area contributed by atoms with Gasteiger partial charge in [0.15, 0.2) is 0 Å². The molecular weight excluding hydrogens is 404 g/mol. The minimum Gasteiger partial charge on any atom is -0.348 e. The van der Waals surface area contributed by atoms with Crippen LogP contribution in [0, 0.1) is 17.8 Å². The van der Waals surface area contributed by atoms with E-state index in [0.29, 0.717) is 38.3 Å². The Labute approximate surface area is 192 Å². The third kappa shape index (κ3) is 7.33. The maximum Gasteiger partial charge on any atom is 0.243 e. The Morgan fingerprint density at radius 3 is 2.12 bits per heavy atom. The number of rotatable bonds is 9. The first-order chi connectivity index (χ1) is 15.1. The molecule has 1 aromatic rings. The van der Waals surface area contributed by atoms with Crippen molar-refractivity contribution >= 4 is 17.7 Å². The molecule has 7 nitrogen and oxygen atoms in total. The molecule has 1 aromatic carbocycles. The van der Waals surface area contributed by atoms with Crippen LogP contribution in [0.1, 0.15) is 65.5 Å². The smallest absolute Gasteiger partial charge is 0.243 e. The second kappa shape index (κ2) is 12.0. The Bertz CT molecular complexity index is 758. The first-order valence-electron chi connectivity index (χ1n) is 11.8.